The lowest BCUT2D eigenvalue weighted by Crippen LogP contribution is -2.29. The maximum atomic E-state index is 13.5. The molecular weight excluding hydrogens is 482 g/mol. The van der Waals surface area contributed by atoms with Gasteiger partial charge in [-0.3, -0.25) is 0 Å². The summed E-state index contributed by atoms with van der Waals surface area (Å²) in [6, 6.07) is 12.2. The van der Waals surface area contributed by atoms with Crippen molar-refractivity contribution in [3.05, 3.63) is 71.7 Å². The highest BCUT2D eigenvalue weighted by molar-refractivity contribution is 7.92. The minimum atomic E-state index is -4.02. The van der Waals surface area contributed by atoms with E-state index in [-0.39, 0.29) is 16.8 Å². The Balaban J connectivity index is 1.60. The van der Waals surface area contributed by atoms with Crippen LogP contribution < -0.4 is 4.72 Å². The number of aromatic nitrogens is 2. The lowest BCUT2D eigenvalue weighted by Gasteiger charge is -2.20. The van der Waals surface area contributed by atoms with Gasteiger partial charge in [0.1, 0.15) is 6.26 Å². The van der Waals surface area contributed by atoms with E-state index in [1.165, 1.54) is 12.3 Å². The van der Waals surface area contributed by atoms with Gasteiger partial charge in [0, 0.05) is 43.4 Å². The van der Waals surface area contributed by atoms with E-state index in [1.807, 2.05) is 18.2 Å². The molecular formula is C25H25N5O5S. The van der Waals surface area contributed by atoms with Crippen molar-refractivity contribution >= 4 is 21.9 Å². The second-order valence-electron chi connectivity index (χ2n) is 8.66. The molecule has 186 valence electrons. The average molecular weight is 508 g/mol. The summed E-state index contributed by atoms with van der Waals surface area (Å²) in [5.41, 5.74) is 3.88. The Morgan fingerprint density at radius 3 is 2.56 bits per heavy atom. The van der Waals surface area contributed by atoms with Crippen molar-refractivity contribution in [2.24, 2.45) is 0 Å². The van der Waals surface area contributed by atoms with Crippen molar-refractivity contribution in [1.29, 1.82) is 0 Å². The molecule has 0 saturated carbocycles. The first-order chi connectivity index (χ1) is 17.2. The standard InChI is InChI=1S/C25H25N5O5S/c1-16-17(2)27-35-23(16)28-36(32,33)22-7-5-4-6-21(22)20-9-8-18(24-26-10-13-34-24)14-19(20)15-30-12-11-29(3)25(30)31/h4-10,13-14,28H,11-12,15H2,1-3H3. The molecule has 1 fully saturated rings. The summed E-state index contributed by atoms with van der Waals surface area (Å²) >= 11 is 0. The molecule has 0 aliphatic carbocycles. The molecule has 0 unspecified atom stereocenters. The van der Waals surface area contributed by atoms with E-state index in [1.54, 1.807) is 55.1 Å². The lowest BCUT2D eigenvalue weighted by atomic mass is 9.97. The number of hydrogen-bond acceptors (Lipinski definition) is 7. The van der Waals surface area contributed by atoms with Crippen molar-refractivity contribution in [2.75, 3.05) is 24.9 Å². The number of amides is 2. The van der Waals surface area contributed by atoms with Crippen LogP contribution in [0.4, 0.5) is 10.7 Å². The smallest absolute Gasteiger partial charge is 0.320 e. The number of carbonyl (C=O) groups is 1. The van der Waals surface area contributed by atoms with Gasteiger partial charge in [0.2, 0.25) is 11.8 Å². The normalized spacial score (nSPS) is 14.0. The number of rotatable bonds is 7. The van der Waals surface area contributed by atoms with Crippen LogP contribution in [0.25, 0.3) is 22.6 Å². The van der Waals surface area contributed by atoms with Crippen molar-refractivity contribution in [1.82, 2.24) is 19.9 Å². The molecule has 0 bridgehead atoms. The number of likely N-dealkylation sites (N-methyl/N-ethyl adjacent to an activating group) is 1. The third-order valence-corrected chi connectivity index (χ3v) is 7.69. The summed E-state index contributed by atoms with van der Waals surface area (Å²) in [4.78, 5) is 20.3. The zero-order chi connectivity index (χ0) is 25.4. The zero-order valence-electron chi connectivity index (χ0n) is 20.1. The van der Waals surface area contributed by atoms with Gasteiger partial charge >= 0.3 is 6.03 Å². The number of aryl methyl sites for hydroxylation is 1. The Morgan fingerprint density at radius 1 is 1.08 bits per heavy atom. The highest BCUT2D eigenvalue weighted by Crippen LogP contribution is 2.35. The Kier molecular flexibility index (Phi) is 6.00. The monoisotopic (exact) mass is 507 g/mol. The molecule has 5 rings (SSSR count). The van der Waals surface area contributed by atoms with Crippen LogP contribution in [0.15, 0.2) is 68.8 Å². The quantitative estimate of drug-likeness (QED) is 0.396. The fourth-order valence-corrected chi connectivity index (χ4v) is 5.42. The van der Waals surface area contributed by atoms with Crippen molar-refractivity contribution in [3.63, 3.8) is 0 Å². The minimum absolute atomic E-state index is 0.0764. The number of carbonyl (C=O) groups excluding carboxylic acids is 1. The van der Waals surface area contributed by atoms with Crippen LogP contribution in [0.1, 0.15) is 16.8 Å². The average Bonchev–Trinajstić information content (AvgIpc) is 3.59. The van der Waals surface area contributed by atoms with E-state index in [0.29, 0.717) is 47.9 Å². The summed E-state index contributed by atoms with van der Waals surface area (Å²) < 4.78 is 40.1. The van der Waals surface area contributed by atoms with Crippen LogP contribution in [0.2, 0.25) is 0 Å². The van der Waals surface area contributed by atoms with Gasteiger partial charge in [0.05, 0.1) is 16.8 Å². The van der Waals surface area contributed by atoms with Crippen molar-refractivity contribution in [2.45, 2.75) is 25.3 Å². The van der Waals surface area contributed by atoms with Gasteiger partial charge in [0.15, 0.2) is 0 Å². The van der Waals surface area contributed by atoms with Crippen LogP contribution in [-0.4, -0.2) is 54.5 Å². The highest BCUT2D eigenvalue weighted by atomic mass is 32.2. The molecule has 1 aliphatic rings. The van der Waals surface area contributed by atoms with Crippen LogP contribution in [0, 0.1) is 13.8 Å². The molecule has 1 saturated heterocycles. The number of anilines is 1. The summed E-state index contributed by atoms with van der Waals surface area (Å²) in [6.07, 6.45) is 3.05. The van der Waals surface area contributed by atoms with Gasteiger partial charge in [0.25, 0.3) is 10.0 Å². The third-order valence-electron chi connectivity index (χ3n) is 6.30. The fourth-order valence-electron chi connectivity index (χ4n) is 4.15. The number of nitrogens with one attached hydrogen (secondary N) is 1. The summed E-state index contributed by atoms with van der Waals surface area (Å²) in [7, 11) is -2.26. The molecule has 3 heterocycles. The topological polar surface area (TPSA) is 122 Å². The van der Waals surface area contributed by atoms with E-state index >= 15 is 0 Å². The summed E-state index contributed by atoms with van der Waals surface area (Å²) in [5.74, 6) is 0.513. The maximum Gasteiger partial charge on any atom is 0.320 e. The lowest BCUT2D eigenvalue weighted by molar-refractivity contribution is 0.197. The number of oxazole rings is 1. The molecule has 2 aromatic heterocycles. The van der Waals surface area contributed by atoms with Gasteiger partial charge in [-0.05, 0) is 43.2 Å². The summed E-state index contributed by atoms with van der Waals surface area (Å²) in [6.45, 7) is 4.97. The Morgan fingerprint density at radius 2 is 1.89 bits per heavy atom. The fraction of sp³-hybridized carbons (Fsp3) is 0.240. The van der Waals surface area contributed by atoms with Crippen molar-refractivity contribution in [3.8, 4) is 22.6 Å². The molecule has 2 aromatic carbocycles. The predicted molar refractivity (Wildman–Crippen MR) is 133 cm³/mol. The first-order valence-corrected chi connectivity index (χ1v) is 12.8. The van der Waals surface area contributed by atoms with Gasteiger partial charge in [-0.1, -0.05) is 29.4 Å². The van der Waals surface area contributed by atoms with Crippen molar-refractivity contribution < 1.29 is 22.2 Å². The second-order valence-corrected chi connectivity index (χ2v) is 10.3. The Labute approximate surface area is 208 Å². The molecule has 1 N–H and O–H groups in total. The van der Waals surface area contributed by atoms with E-state index in [9.17, 15) is 13.2 Å². The zero-order valence-corrected chi connectivity index (χ0v) is 20.9. The Bertz CT molecular complexity index is 1530. The van der Waals surface area contributed by atoms with Gasteiger partial charge in [-0.25, -0.2) is 22.9 Å². The number of sulfonamides is 1. The summed E-state index contributed by atoms with van der Waals surface area (Å²) in [5, 5.41) is 3.84. The van der Waals surface area contributed by atoms with Crippen LogP contribution in [0.5, 0.6) is 0 Å². The molecule has 0 spiro atoms. The number of nitrogens with zero attached hydrogens (tertiary/aromatic N) is 4. The van der Waals surface area contributed by atoms with Gasteiger partial charge in [-0.15, -0.1) is 0 Å². The molecule has 4 aromatic rings. The molecule has 0 atom stereocenters. The van der Waals surface area contributed by atoms with Gasteiger partial charge in [-0.2, -0.15) is 0 Å². The van der Waals surface area contributed by atoms with E-state index in [4.69, 9.17) is 8.94 Å². The number of benzene rings is 2. The largest absolute Gasteiger partial charge is 0.445 e. The molecule has 1 aliphatic heterocycles. The number of hydrogen-bond donors (Lipinski definition) is 1. The van der Waals surface area contributed by atoms with Gasteiger partial charge < -0.3 is 18.7 Å². The van der Waals surface area contributed by atoms with Crippen LogP contribution in [-0.2, 0) is 16.6 Å². The minimum Gasteiger partial charge on any atom is -0.445 e. The molecule has 0 radical (unpaired) electrons. The molecule has 10 nitrogen and oxygen atoms in total. The SMILES string of the molecule is Cc1noc(NS(=O)(=O)c2ccccc2-c2ccc(-c3ncco3)cc2CN2CCN(C)C2=O)c1C. The molecule has 11 heteroatoms. The molecule has 36 heavy (non-hydrogen) atoms. The van der Waals surface area contributed by atoms with E-state index < -0.39 is 10.0 Å². The highest BCUT2D eigenvalue weighted by Gasteiger charge is 2.28. The predicted octanol–water partition coefficient (Wildman–Crippen LogP) is 4.28. The van der Waals surface area contributed by atoms with Crippen LogP contribution >= 0.6 is 0 Å². The second kappa shape index (κ2) is 9.15. The molecule has 2 amide bonds. The first kappa shape index (κ1) is 23.6. The maximum absolute atomic E-state index is 13.5. The Hall–Kier alpha value is -4.12. The number of urea groups is 1. The van der Waals surface area contributed by atoms with Crippen LogP contribution in [0.3, 0.4) is 0 Å². The van der Waals surface area contributed by atoms with E-state index in [2.05, 4.69) is 14.9 Å². The third kappa shape index (κ3) is 4.33. The first-order valence-electron chi connectivity index (χ1n) is 11.3. The van der Waals surface area contributed by atoms with E-state index in [0.717, 1.165) is 11.1 Å².